The first kappa shape index (κ1) is 14.3. The number of aromatic nitrogens is 1. The summed E-state index contributed by atoms with van der Waals surface area (Å²) >= 11 is 0. The van der Waals surface area contributed by atoms with Gasteiger partial charge in [-0.2, -0.15) is 0 Å². The van der Waals surface area contributed by atoms with Crippen molar-refractivity contribution >= 4 is 5.97 Å². The fourth-order valence-corrected chi connectivity index (χ4v) is 1.37. The molecule has 7 heteroatoms. The van der Waals surface area contributed by atoms with Crippen LogP contribution < -0.4 is 4.74 Å². The Kier molecular flexibility index (Phi) is 4.94. The minimum absolute atomic E-state index is 0.116. The van der Waals surface area contributed by atoms with E-state index in [9.17, 15) is 18.0 Å². The van der Waals surface area contributed by atoms with Crippen molar-refractivity contribution in [2.75, 3.05) is 13.7 Å². The van der Waals surface area contributed by atoms with Crippen molar-refractivity contribution in [2.45, 2.75) is 19.8 Å². The van der Waals surface area contributed by atoms with E-state index in [1.165, 1.54) is 7.11 Å². The third kappa shape index (κ3) is 3.12. The SMILES string of the molecule is CCOC(=O)Cc1c(OC)ncc(C(F)F)c1F. The summed E-state index contributed by atoms with van der Waals surface area (Å²) < 4.78 is 48.1. The number of methoxy groups -OCH3 is 1. The third-order valence-corrected chi connectivity index (χ3v) is 2.15. The summed E-state index contributed by atoms with van der Waals surface area (Å²) in [6, 6.07) is 0. The van der Waals surface area contributed by atoms with Crippen LogP contribution in [0.25, 0.3) is 0 Å². The summed E-state index contributed by atoms with van der Waals surface area (Å²) in [6.07, 6.45) is -2.83. The van der Waals surface area contributed by atoms with Crippen molar-refractivity contribution in [3.63, 3.8) is 0 Å². The Morgan fingerprint density at radius 3 is 2.67 bits per heavy atom. The Bertz CT molecular complexity index is 438. The molecule has 18 heavy (non-hydrogen) atoms. The summed E-state index contributed by atoms with van der Waals surface area (Å²) in [4.78, 5) is 14.8. The molecule has 0 amide bonds. The maximum atomic E-state index is 13.8. The first-order chi connectivity index (χ1) is 8.51. The van der Waals surface area contributed by atoms with Gasteiger partial charge < -0.3 is 9.47 Å². The monoisotopic (exact) mass is 263 g/mol. The molecule has 0 saturated heterocycles. The number of hydrogen-bond acceptors (Lipinski definition) is 4. The molecule has 0 saturated carbocycles. The van der Waals surface area contributed by atoms with Crippen molar-refractivity contribution in [1.82, 2.24) is 4.98 Å². The second kappa shape index (κ2) is 6.23. The standard InChI is InChI=1S/C11H12F3NO3/c1-3-18-8(16)4-6-9(12)7(10(13)14)5-15-11(6)17-2/h5,10H,3-4H2,1-2H3. The summed E-state index contributed by atoms with van der Waals surface area (Å²) in [6.45, 7) is 1.70. The highest BCUT2D eigenvalue weighted by Crippen LogP contribution is 2.28. The number of rotatable bonds is 5. The molecule has 0 aliphatic rings. The van der Waals surface area contributed by atoms with Gasteiger partial charge >= 0.3 is 5.97 Å². The number of ether oxygens (including phenoxy) is 2. The molecule has 0 unspecified atom stereocenters. The minimum atomic E-state index is -3.01. The third-order valence-electron chi connectivity index (χ3n) is 2.15. The highest BCUT2D eigenvalue weighted by molar-refractivity contribution is 5.73. The van der Waals surface area contributed by atoms with Gasteiger partial charge in [-0.1, -0.05) is 0 Å². The van der Waals surface area contributed by atoms with Crippen LogP contribution in [-0.2, 0) is 16.0 Å². The lowest BCUT2D eigenvalue weighted by Crippen LogP contribution is -2.12. The van der Waals surface area contributed by atoms with E-state index < -0.39 is 30.2 Å². The van der Waals surface area contributed by atoms with E-state index in [1.807, 2.05) is 0 Å². The lowest BCUT2D eigenvalue weighted by molar-refractivity contribution is -0.142. The van der Waals surface area contributed by atoms with Gasteiger partial charge in [-0.3, -0.25) is 4.79 Å². The van der Waals surface area contributed by atoms with Gasteiger partial charge in [0.15, 0.2) is 0 Å². The molecule has 1 rings (SSSR count). The smallest absolute Gasteiger partial charge is 0.310 e. The summed E-state index contributed by atoms with van der Waals surface area (Å²) in [5.41, 5.74) is -1.19. The maximum absolute atomic E-state index is 13.8. The predicted molar refractivity (Wildman–Crippen MR) is 56.0 cm³/mol. The van der Waals surface area contributed by atoms with Gasteiger partial charge in [-0.25, -0.2) is 18.2 Å². The largest absolute Gasteiger partial charge is 0.481 e. The topological polar surface area (TPSA) is 48.4 Å². The zero-order valence-electron chi connectivity index (χ0n) is 9.87. The molecule has 0 bridgehead atoms. The first-order valence-corrected chi connectivity index (χ1v) is 5.16. The average molecular weight is 263 g/mol. The average Bonchev–Trinajstić information content (AvgIpc) is 2.31. The van der Waals surface area contributed by atoms with E-state index in [-0.39, 0.29) is 18.1 Å². The molecule has 0 atom stereocenters. The molecular formula is C11H12F3NO3. The van der Waals surface area contributed by atoms with Gasteiger partial charge in [0.05, 0.1) is 31.3 Å². The highest BCUT2D eigenvalue weighted by atomic mass is 19.3. The number of nitrogens with zero attached hydrogens (tertiary/aromatic N) is 1. The van der Waals surface area contributed by atoms with Crippen LogP contribution in [0.4, 0.5) is 13.2 Å². The molecule has 1 heterocycles. The van der Waals surface area contributed by atoms with Crippen LogP contribution in [-0.4, -0.2) is 24.7 Å². The number of carbonyl (C=O) groups excluding carboxylic acids is 1. The maximum Gasteiger partial charge on any atom is 0.310 e. The second-order valence-corrected chi connectivity index (χ2v) is 3.30. The molecule has 4 nitrogen and oxygen atoms in total. The number of esters is 1. The van der Waals surface area contributed by atoms with Crippen LogP contribution in [0.5, 0.6) is 5.88 Å². The summed E-state index contributed by atoms with van der Waals surface area (Å²) in [7, 11) is 1.21. The van der Waals surface area contributed by atoms with Gasteiger partial charge in [-0.15, -0.1) is 0 Å². The minimum Gasteiger partial charge on any atom is -0.481 e. The Morgan fingerprint density at radius 1 is 1.50 bits per heavy atom. The molecule has 0 N–H and O–H groups in total. The van der Waals surface area contributed by atoms with E-state index in [0.717, 1.165) is 0 Å². The lowest BCUT2D eigenvalue weighted by Gasteiger charge is -2.11. The van der Waals surface area contributed by atoms with E-state index in [2.05, 4.69) is 9.72 Å². The number of hydrogen-bond donors (Lipinski definition) is 0. The molecule has 0 aliphatic carbocycles. The van der Waals surface area contributed by atoms with E-state index in [1.54, 1.807) is 6.92 Å². The molecule has 0 aromatic carbocycles. The van der Waals surface area contributed by atoms with Crippen molar-refractivity contribution in [3.8, 4) is 5.88 Å². The summed E-state index contributed by atoms with van der Waals surface area (Å²) in [5.74, 6) is -2.13. The molecule has 0 aliphatic heterocycles. The fourth-order valence-electron chi connectivity index (χ4n) is 1.37. The Balaban J connectivity index is 3.13. The normalized spacial score (nSPS) is 10.6. The van der Waals surface area contributed by atoms with Crippen LogP contribution in [0.3, 0.4) is 0 Å². The van der Waals surface area contributed by atoms with Gasteiger partial charge in [0.2, 0.25) is 5.88 Å². The Labute approximate surface area is 102 Å². The van der Waals surface area contributed by atoms with E-state index in [0.29, 0.717) is 6.20 Å². The number of alkyl halides is 2. The number of pyridine rings is 1. The first-order valence-electron chi connectivity index (χ1n) is 5.16. The van der Waals surface area contributed by atoms with E-state index in [4.69, 9.17) is 4.74 Å². The molecule has 100 valence electrons. The summed E-state index contributed by atoms with van der Waals surface area (Å²) in [5, 5.41) is 0. The Hall–Kier alpha value is -1.79. The molecular weight excluding hydrogens is 251 g/mol. The van der Waals surface area contributed by atoms with Crippen LogP contribution in [0.15, 0.2) is 6.20 Å². The zero-order chi connectivity index (χ0) is 13.7. The molecule has 0 fully saturated rings. The van der Waals surface area contributed by atoms with Crippen molar-refractivity contribution in [3.05, 3.63) is 23.1 Å². The van der Waals surface area contributed by atoms with Crippen LogP contribution in [0, 0.1) is 5.82 Å². The van der Waals surface area contributed by atoms with Crippen LogP contribution >= 0.6 is 0 Å². The number of carbonyl (C=O) groups is 1. The van der Waals surface area contributed by atoms with Crippen LogP contribution in [0.1, 0.15) is 24.5 Å². The molecule has 0 radical (unpaired) electrons. The molecule has 1 aromatic rings. The van der Waals surface area contributed by atoms with Crippen molar-refractivity contribution in [1.29, 1.82) is 0 Å². The second-order valence-electron chi connectivity index (χ2n) is 3.30. The van der Waals surface area contributed by atoms with Gasteiger partial charge in [0.25, 0.3) is 6.43 Å². The number of halogens is 3. The van der Waals surface area contributed by atoms with Gasteiger partial charge in [0.1, 0.15) is 5.82 Å². The molecule has 1 aromatic heterocycles. The Morgan fingerprint density at radius 2 is 2.17 bits per heavy atom. The van der Waals surface area contributed by atoms with E-state index >= 15 is 0 Å². The predicted octanol–water partition coefficient (Wildman–Crippen LogP) is 2.27. The highest BCUT2D eigenvalue weighted by Gasteiger charge is 2.23. The lowest BCUT2D eigenvalue weighted by atomic mass is 10.1. The molecule has 0 spiro atoms. The van der Waals surface area contributed by atoms with Gasteiger partial charge in [0, 0.05) is 6.20 Å². The van der Waals surface area contributed by atoms with Crippen LogP contribution in [0.2, 0.25) is 0 Å². The van der Waals surface area contributed by atoms with Gasteiger partial charge in [-0.05, 0) is 6.92 Å². The quantitative estimate of drug-likeness (QED) is 0.765. The zero-order valence-corrected chi connectivity index (χ0v) is 9.87. The fraction of sp³-hybridized carbons (Fsp3) is 0.455. The van der Waals surface area contributed by atoms with Crippen molar-refractivity contribution < 1.29 is 27.4 Å². The van der Waals surface area contributed by atoms with Crippen molar-refractivity contribution in [2.24, 2.45) is 0 Å².